The Morgan fingerprint density at radius 2 is 1.72 bits per heavy atom. The van der Waals surface area contributed by atoms with Crippen LogP contribution in [-0.4, -0.2) is 37.4 Å². The zero-order valence-electron chi connectivity index (χ0n) is 18.5. The molecule has 0 spiro atoms. The number of nitrogens with one attached hydrogen (secondary N) is 4. The molecule has 4 rings (SSSR count). The quantitative estimate of drug-likeness (QED) is 0.391. The van der Waals surface area contributed by atoms with Gasteiger partial charge in [0.15, 0.2) is 0 Å². The zero-order chi connectivity index (χ0) is 26.1. The Bertz CT molecular complexity index is 1530. The summed E-state index contributed by atoms with van der Waals surface area (Å²) in [6, 6.07) is 7.84. The lowest BCUT2D eigenvalue weighted by molar-refractivity contribution is -0.137. The number of nitrogens with zero attached hydrogens (tertiary/aromatic N) is 1. The summed E-state index contributed by atoms with van der Waals surface area (Å²) < 4.78 is 68.1. The van der Waals surface area contributed by atoms with Crippen LogP contribution in [0, 0.1) is 0 Å². The van der Waals surface area contributed by atoms with Gasteiger partial charge in [0.1, 0.15) is 10.5 Å². The molecule has 2 heterocycles. The fraction of sp³-hybridized carbons (Fsp3) is 0.227. The molecule has 1 amide bonds. The second kappa shape index (κ2) is 9.53. The minimum Gasteiger partial charge on any atom is -0.370 e. The normalized spacial score (nSPS) is 14.0. The third-order valence-corrected chi connectivity index (χ3v) is 6.87. The van der Waals surface area contributed by atoms with Gasteiger partial charge in [-0.1, -0.05) is 6.07 Å². The summed E-state index contributed by atoms with van der Waals surface area (Å²) >= 11 is 0. The van der Waals surface area contributed by atoms with Crippen LogP contribution < -0.4 is 26.2 Å². The van der Waals surface area contributed by atoms with Crippen LogP contribution in [0.3, 0.4) is 0 Å². The van der Waals surface area contributed by atoms with Crippen LogP contribution >= 0.6 is 0 Å². The van der Waals surface area contributed by atoms with E-state index >= 15 is 0 Å². The first kappa shape index (κ1) is 25.0. The molecule has 0 bridgehead atoms. The molecule has 0 radical (unpaired) electrons. The van der Waals surface area contributed by atoms with Crippen LogP contribution in [-0.2, 0) is 16.2 Å². The molecular formula is C22H20F3N5O5S. The molecule has 190 valence electrons. The maximum Gasteiger partial charge on any atom is 0.416 e. The first-order valence-corrected chi connectivity index (χ1v) is 12.1. The van der Waals surface area contributed by atoms with E-state index in [1.165, 1.54) is 18.2 Å². The molecule has 3 aromatic rings. The van der Waals surface area contributed by atoms with Crippen LogP contribution in [0.5, 0.6) is 0 Å². The lowest BCUT2D eigenvalue weighted by Gasteiger charge is -2.22. The lowest BCUT2D eigenvalue weighted by Crippen LogP contribution is -2.29. The van der Waals surface area contributed by atoms with E-state index in [-0.39, 0.29) is 16.3 Å². The monoisotopic (exact) mass is 523 g/mol. The van der Waals surface area contributed by atoms with Gasteiger partial charge in [0.25, 0.3) is 21.5 Å². The standard InChI is InChI=1S/C22H20F3N5O5S/c23-22(24,25)13-4-3-5-15(10-13)29-36(34,35)18-11-14(6-7-17(18)30-8-1-2-9-30)27-19(31)16-12-26-21(33)28-20(16)32/h3-7,10-12,29H,1-2,8-9H2,(H,27,31)(H2,26,28,32,33). The molecule has 0 aliphatic carbocycles. The SMILES string of the molecule is O=C(Nc1ccc(N2CCCC2)c(S(=O)(=O)Nc2cccc(C(F)(F)F)c2)c1)c1c[nH]c(=O)[nH]c1=O. The number of hydrogen-bond acceptors (Lipinski definition) is 6. The van der Waals surface area contributed by atoms with Gasteiger partial charge in [0.05, 0.1) is 11.3 Å². The maximum absolute atomic E-state index is 13.3. The smallest absolute Gasteiger partial charge is 0.370 e. The molecule has 4 N–H and O–H groups in total. The number of anilines is 3. The molecule has 1 aliphatic heterocycles. The van der Waals surface area contributed by atoms with E-state index in [0.717, 1.165) is 37.2 Å². The van der Waals surface area contributed by atoms with Crippen molar-refractivity contribution in [3.05, 3.63) is 80.6 Å². The van der Waals surface area contributed by atoms with Crippen LogP contribution in [0.1, 0.15) is 28.8 Å². The second-order valence-corrected chi connectivity index (χ2v) is 9.65. The first-order chi connectivity index (χ1) is 16.9. The number of carbonyl (C=O) groups is 1. The average Bonchev–Trinajstić information content (AvgIpc) is 3.33. The molecule has 36 heavy (non-hydrogen) atoms. The molecule has 10 nitrogen and oxygen atoms in total. The highest BCUT2D eigenvalue weighted by Crippen LogP contribution is 2.34. The van der Waals surface area contributed by atoms with Crippen molar-refractivity contribution in [1.82, 2.24) is 9.97 Å². The van der Waals surface area contributed by atoms with Gasteiger partial charge >= 0.3 is 11.9 Å². The molecule has 1 aromatic heterocycles. The number of hydrogen-bond donors (Lipinski definition) is 4. The highest BCUT2D eigenvalue weighted by atomic mass is 32.2. The van der Waals surface area contributed by atoms with E-state index in [1.54, 1.807) is 0 Å². The van der Waals surface area contributed by atoms with Crippen LogP contribution in [0.25, 0.3) is 0 Å². The molecule has 0 unspecified atom stereocenters. The lowest BCUT2D eigenvalue weighted by atomic mass is 10.2. The molecule has 0 saturated carbocycles. The maximum atomic E-state index is 13.3. The summed E-state index contributed by atoms with van der Waals surface area (Å²) in [4.78, 5) is 41.2. The second-order valence-electron chi connectivity index (χ2n) is 8.00. The number of amides is 1. The van der Waals surface area contributed by atoms with Gasteiger partial charge in [0.2, 0.25) is 0 Å². The number of alkyl halides is 3. The van der Waals surface area contributed by atoms with Crippen LogP contribution in [0.4, 0.5) is 30.2 Å². The third-order valence-electron chi connectivity index (χ3n) is 5.46. The largest absolute Gasteiger partial charge is 0.416 e. The summed E-state index contributed by atoms with van der Waals surface area (Å²) in [5.74, 6) is -0.907. The van der Waals surface area contributed by atoms with Crippen molar-refractivity contribution in [2.45, 2.75) is 23.9 Å². The number of aromatic amines is 2. The minimum atomic E-state index is -4.66. The minimum absolute atomic E-state index is 0.0120. The van der Waals surface area contributed by atoms with Crippen molar-refractivity contribution in [3.63, 3.8) is 0 Å². The average molecular weight is 523 g/mol. The molecule has 1 aliphatic rings. The van der Waals surface area contributed by atoms with E-state index in [4.69, 9.17) is 0 Å². The van der Waals surface area contributed by atoms with E-state index in [9.17, 15) is 36.0 Å². The van der Waals surface area contributed by atoms with Gasteiger partial charge in [-0.15, -0.1) is 0 Å². The molecular weight excluding hydrogens is 503 g/mol. The van der Waals surface area contributed by atoms with Crippen molar-refractivity contribution < 1.29 is 26.4 Å². The van der Waals surface area contributed by atoms with Crippen molar-refractivity contribution >= 4 is 33.0 Å². The Morgan fingerprint density at radius 3 is 2.39 bits per heavy atom. The Hall–Kier alpha value is -4.07. The van der Waals surface area contributed by atoms with Gasteiger partial charge in [0, 0.05) is 30.7 Å². The van der Waals surface area contributed by atoms with Gasteiger partial charge in [-0.25, -0.2) is 13.2 Å². The number of benzene rings is 2. The fourth-order valence-corrected chi connectivity index (χ4v) is 5.07. The topological polar surface area (TPSA) is 144 Å². The number of sulfonamides is 1. The highest BCUT2D eigenvalue weighted by Gasteiger charge is 2.31. The number of carbonyl (C=O) groups excluding carboxylic acids is 1. The number of H-pyrrole nitrogens is 2. The molecule has 0 atom stereocenters. The van der Waals surface area contributed by atoms with E-state index in [2.05, 4.69) is 15.0 Å². The fourth-order valence-electron chi connectivity index (χ4n) is 3.77. The van der Waals surface area contributed by atoms with Gasteiger partial charge in [-0.2, -0.15) is 13.2 Å². The van der Waals surface area contributed by atoms with Gasteiger partial charge in [-0.3, -0.25) is 19.3 Å². The highest BCUT2D eigenvalue weighted by molar-refractivity contribution is 7.92. The first-order valence-electron chi connectivity index (χ1n) is 10.7. The van der Waals surface area contributed by atoms with Crippen LogP contribution in [0.15, 0.2) is 63.1 Å². The number of rotatable bonds is 6. The number of aromatic nitrogens is 2. The van der Waals surface area contributed by atoms with Crippen LogP contribution in [0.2, 0.25) is 0 Å². The molecule has 1 saturated heterocycles. The molecule has 14 heteroatoms. The predicted molar refractivity (Wildman–Crippen MR) is 126 cm³/mol. The zero-order valence-corrected chi connectivity index (χ0v) is 19.3. The summed E-state index contributed by atoms with van der Waals surface area (Å²) in [5, 5.41) is 2.40. The van der Waals surface area contributed by atoms with Crippen molar-refractivity contribution in [2.75, 3.05) is 28.0 Å². The summed E-state index contributed by atoms with van der Waals surface area (Å²) in [6.07, 6.45) is -2.09. The summed E-state index contributed by atoms with van der Waals surface area (Å²) in [5.41, 5.74) is -3.14. The van der Waals surface area contributed by atoms with Crippen molar-refractivity contribution in [3.8, 4) is 0 Å². The Kier molecular flexibility index (Phi) is 6.63. The van der Waals surface area contributed by atoms with Crippen molar-refractivity contribution in [2.24, 2.45) is 0 Å². The number of halogens is 3. The van der Waals surface area contributed by atoms with E-state index in [0.29, 0.717) is 24.8 Å². The summed E-state index contributed by atoms with van der Waals surface area (Å²) in [6.45, 7) is 1.15. The molecule has 2 aromatic carbocycles. The van der Waals surface area contributed by atoms with E-state index in [1.807, 2.05) is 9.88 Å². The van der Waals surface area contributed by atoms with Crippen molar-refractivity contribution in [1.29, 1.82) is 0 Å². The molecule has 1 fully saturated rings. The third kappa shape index (κ3) is 5.43. The van der Waals surface area contributed by atoms with Gasteiger partial charge < -0.3 is 15.2 Å². The Morgan fingerprint density at radius 1 is 1.00 bits per heavy atom. The van der Waals surface area contributed by atoms with Gasteiger partial charge in [-0.05, 0) is 49.2 Å². The van der Waals surface area contributed by atoms with E-state index < -0.39 is 44.5 Å². The summed E-state index contributed by atoms with van der Waals surface area (Å²) in [7, 11) is -4.41. The predicted octanol–water partition coefficient (Wildman–Crippen LogP) is 2.74. The Labute approximate surface area is 202 Å². The Balaban J connectivity index is 1.70.